The summed E-state index contributed by atoms with van der Waals surface area (Å²) in [6, 6.07) is 5.98. The maximum Gasteiger partial charge on any atom is 0.340 e. The Hall–Kier alpha value is -2.80. The fourth-order valence-corrected chi connectivity index (χ4v) is 3.82. The number of piperazine rings is 1. The molecular weight excluding hydrogens is 368 g/mol. The number of H-pyrrole nitrogens is 1. The number of carbonyl (C=O) groups is 2. The lowest BCUT2D eigenvalue weighted by Gasteiger charge is -2.35. The van der Waals surface area contributed by atoms with Crippen molar-refractivity contribution in [2.75, 3.05) is 50.1 Å². The first-order chi connectivity index (χ1) is 13.8. The number of amides is 1. The Bertz CT molecular complexity index is 911. The van der Waals surface area contributed by atoms with E-state index in [1.807, 2.05) is 12.1 Å². The quantitative estimate of drug-likeness (QED) is 0.757. The highest BCUT2D eigenvalue weighted by Crippen LogP contribution is 2.26. The zero-order valence-corrected chi connectivity index (χ0v) is 17.9. The molecule has 0 atom stereocenters. The summed E-state index contributed by atoms with van der Waals surface area (Å²) in [5.41, 5.74) is 5.10. The van der Waals surface area contributed by atoms with Gasteiger partial charge in [-0.3, -0.25) is 4.79 Å². The normalized spacial score (nSPS) is 14.7. The predicted molar refractivity (Wildman–Crippen MR) is 115 cm³/mol. The summed E-state index contributed by atoms with van der Waals surface area (Å²) >= 11 is 0. The third-order valence-corrected chi connectivity index (χ3v) is 5.44. The summed E-state index contributed by atoms with van der Waals surface area (Å²) in [6.45, 7) is 11.7. The number of aromatic nitrogens is 1. The maximum absolute atomic E-state index is 12.8. The zero-order chi connectivity index (χ0) is 21.1. The number of likely N-dealkylation sites (N-methyl/N-ethyl adjacent to an activating group) is 1. The van der Waals surface area contributed by atoms with E-state index in [2.05, 4.69) is 40.1 Å². The fraction of sp³-hybridized carbons (Fsp3) is 0.455. The van der Waals surface area contributed by atoms with Gasteiger partial charge in [0.05, 0.1) is 12.2 Å². The molecule has 0 radical (unpaired) electrons. The van der Waals surface area contributed by atoms with Gasteiger partial charge in [0.1, 0.15) is 5.69 Å². The van der Waals surface area contributed by atoms with E-state index in [4.69, 9.17) is 4.74 Å². The highest BCUT2D eigenvalue weighted by atomic mass is 16.5. The van der Waals surface area contributed by atoms with Crippen LogP contribution in [0.4, 0.5) is 11.4 Å². The van der Waals surface area contributed by atoms with Gasteiger partial charge in [-0.15, -0.1) is 0 Å². The summed E-state index contributed by atoms with van der Waals surface area (Å²) < 4.78 is 5.10. The first-order valence-corrected chi connectivity index (χ1v) is 10.0. The lowest BCUT2D eigenvalue weighted by Crippen LogP contribution is -2.44. The number of rotatable bonds is 5. The SMILES string of the molecule is CCOC(=O)c1c(C)[nH]c(C(=O)Nc2ccc(N3CCN(C)CC3)c(C)c2)c1C. The van der Waals surface area contributed by atoms with E-state index in [0.717, 1.165) is 37.4 Å². The van der Waals surface area contributed by atoms with Crippen molar-refractivity contribution in [1.29, 1.82) is 0 Å². The number of nitrogens with zero attached hydrogens (tertiary/aromatic N) is 2. The van der Waals surface area contributed by atoms with Crippen LogP contribution >= 0.6 is 0 Å². The molecule has 1 aromatic carbocycles. The summed E-state index contributed by atoms with van der Waals surface area (Å²) in [7, 11) is 2.14. The maximum atomic E-state index is 12.8. The average Bonchev–Trinajstić information content (AvgIpc) is 2.97. The van der Waals surface area contributed by atoms with Crippen LogP contribution in [0.1, 0.15) is 44.6 Å². The molecule has 0 saturated carbocycles. The van der Waals surface area contributed by atoms with E-state index >= 15 is 0 Å². The van der Waals surface area contributed by atoms with E-state index in [0.29, 0.717) is 29.1 Å². The van der Waals surface area contributed by atoms with Gasteiger partial charge in [-0.2, -0.15) is 0 Å². The minimum Gasteiger partial charge on any atom is -0.462 e. The highest BCUT2D eigenvalue weighted by molar-refractivity contribution is 6.07. The molecule has 1 fully saturated rings. The van der Waals surface area contributed by atoms with E-state index in [1.54, 1.807) is 20.8 Å². The number of hydrogen-bond donors (Lipinski definition) is 2. The van der Waals surface area contributed by atoms with E-state index < -0.39 is 5.97 Å². The molecule has 2 N–H and O–H groups in total. The topological polar surface area (TPSA) is 77.7 Å². The Morgan fingerprint density at radius 1 is 1.14 bits per heavy atom. The van der Waals surface area contributed by atoms with Crippen LogP contribution in [0.5, 0.6) is 0 Å². The molecule has 1 aliphatic rings. The largest absolute Gasteiger partial charge is 0.462 e. The third-order valence-electron chi connectivity index (χ3n) is 5.44. The van der Waals surface area contributed by atoms with Crippen molar-refractivity contribution in [2.45, 2.75) is 27.7 Å². The van der Waals surface area contributed by atoms with Gasteiger partial charge in [-0.25, -0.2) is 4.79 Å². The molecule has 7 nitrogen and oxygen atoms in total. The molecular formula is C22H30N4O3. The highest BCUT2D eigenvalue weighted by Gasteiger charge is 2.23. The van der Waals surface area contributed by atoms with Gasteiger partial charge >= 0.3 is 5.97 Å². The van der Waals surface area contributed by atoms with Crippen molar-refractivity contribution in [2.24, 2.45) is 0 Å². The van der Waals surface area contributed by atoms with Crippen LogP contribution in [0.2, 0.25) is 0 Å². The molecule has 1 aliphatic heterocycles. The number of benzene rings is 1. The minimum atomic E-state index is -0.412. The summed E-state index contributed by atoms with van der Waals surface area (Å²) in [5.74, 6) is -0.682. The van der Waals surface area contributed by atoms with Crippen molar-refractivity contribution < 1.29 is 14.3 Å². The Kier molecular flexibility index (Phi) is 6.27. The zero-order valence-electron chi connectivity index (χ0n) is 17.9. The van der Waals surface area contributed by atoms with Crippen molar-refractivity contribution >= 4 is 23.3 Å². The van der Waals surface area contributed by atoms with E-state index in [1.165, 1.54) is 5.69 Å². The van der Waals surface area contributed by atoms with E-state index in [9.17, 15) is 9.59 Å². The Morgan fingerprint density at radius 3 is 2.45 bits per heavy atom. The van der Waals surface area contributed by atoms with Gasteiger partial charge in [0, 0.05) is 43.2 Å². The molecule has 156 valence electrons. The van der Waals surface area contributed by atoms with Crippen molar-refractivity contribution in [1.82, 2.24) is 9.88 Å². The molecule has 0 spiro atoms. The number of carbonyl (C=O) groups excluding carboxylic acids is 2. The van der Waals surface area contributed by atoms with Gasteiger partial charge in [-0.1, -0.05) is 0 Å². The molecule has 1 aromatic heterocycles. The van der Waals surface area contributed by atoms with Gasteiger partial charge < -0.3 is 24.8 Å². The molecule has 2 aromatic rings. The number of hydrogen-bond acceptors (Lipinski definition) is 5. The van der Waals surface area contributed by atoms with Crippen LogP contribution in [0.15, 0.2) is 18.2 Å². The number of esters is 1. The number of anilines is 2. The van der Waals surface area contributed by atoms with Crippen LogP contribution in [-0.2, 0) is 4.74 Å². The lowest BCUT2D eigenvalue weighted by molar-refractivity contribution is 0.0525. The first-order valence-electron chi connectivity index (χ1n) is 10.0. The molecule has 29 heavy (non-hydrogen) atoms. The first kappa shape index (κ1) is 20.9. The van der Waals surface area contributed by atoms with Gasteiger partial charge in [-0.05, 0) is 64.1 Å². The van der Waals surface area contributed by atoms with Crippen molar-refractivity contribution in [3.8, 4) is 0 Å². The molecule has 1 saturated heterocycles. The van der Waals surface area contributed by atoms with Crippen LogP contribution in [0, 0.1) is 20.8 Å². The second-order valence-corrected chi connectivity index (χ2v) is 7.59. The number of aromatic amines is 1. The molecule has 2 heterocycles. The second-order valence-electron chi connectivity index (χ2n) is 7.59. The van der Waals surface area contributed by atoms with Crippen LogP contribution < -0.4 is 10.2 Å². The standard InChI is InChI=1S/C22H30N4O3/c1-6-29-22(28)19-15(3)20(23-16(19)4)21(27)24-17-7-8-18(14(2)13-17)26-11-9-25(5)10-12-26/h7-8,13,23H,6,9-12H2,1-5H3,(H,24,27). The second kappa shape index (κ2) is 8.69. The van der Waals surface area contributed by atoms with E-state index in [-0.39, 0.29) is 5.91 Å². The van der Waals surface area contributed by atoms with Crippen molar-refractivity contribution in [3.63, 3.8) is 0 Å². The number of aryl methyl sites for hydroxylation is 2. The molecule has 0 unspecified atom stereocenters. The number of ether oxygens (including phenoxy) is 1. The fourth-order valence-electron chi connectivity index (χ4n) is 3.82. The summed E-state index contributed by atoms with van der Waals surface area (Å²) in [4.78, 5) is 32.7. The third kappa shape index (κ3) is 4.45. The van der Waals surface area contributed by atoms with Crippen LogP contribution in [0.3, 0.4) is 0 Å². The molecule has 7 heteroatoms. The Balaban J connectivity index is 1.75. The van der Waals surface area contributed by atoms with Crippen molar-refractivity contribution in [3.05, 3.63) is 46.3 Å². The van der Waals surface area contributed by atoms with Gasteiger partial charge in [0.2, 0.25) is 0 Å². The molecule has 3 rings (SSSR count). The average molecular weight is 399 g/mol. The summed E-state index contributed by atoms with van der Waals surface area (Å²) in [6.07, 6.45) is 0. The van der Waals surface area contributed by atoms with Crippen LogP contribution in [-0.4, -0.2) is 61.6 Å². The molecule has 1 amide bonds. The minimum absolute atomic E-state index is 0.270. The van der Waals surface area contributed by atoms with Gasteiger partial charge in [0.15, 0.2) is 0 Å². The molecule has 0 aliphatic carbocycles. The van der Waals surface area contributed by atoms with Gasteiger partial charge in [0.25, 0.3) is 5.91 Å². The smallest absolute Gasteiger partial charge is 0.340 e. The number of nitrogens with one attached hydrogen (secondary N) is 2. The Morgan fingerprint density at radius 2 is 1.83 bits per heavy atom. The lowest BCUT2D eigenvalue weighted by atomic mass is 10.1. The van der Waals surface area contributed by atoms with Crippen LogP contribution in [0.25, 0.3) is 0 Å². The Labute approximate surface area is 172 Å². The monoisotopic (exact) mass is 398 g/mol. The molecule has 0 bridgehead atoms. The predicted octanol–water partition coefficient (Wildman–Crippen LogP) is 3.12. The summed E-state index contributed by atoms with van der Waals surface area (Å²) in [5, 5.41) is 2.94.